The average molecular weight is 363 g/mol. The molecular formula is C21H33NO4. The number of carbonyl (C=O) groups excluding carboxylic acids is 1. The minimum atomic E-state index is -1.33. The predicted octanol–water partition coefficient (Wildman–Crippen LogP) is 2.68. The molecule has 0 saturated heterocycles. The molecule has 1 saturated carbocycles. The normalized spacial score (nSPS) is 27.3. The summed E-state index contributed by atoms with van der Waals surface area (Å²) in [7, 11) is 0. The lowest BCUT2D eigenvalue weighted by Gasteiger charge is -2.43. The van der Waals surface area contributed by atoms with E-state index in [9.17, 15) is 9.90 Å². The Hall–Kier alpha value is -1.43. The number of aliphatic hydroxyl groups is 2. The van der Waals surface area contributed by atoms with Crippen LogP contribution in [0.3, 0.4) is 0 Å². The quantitative estimate of drug-likeness (QED) is 0.663. The van der Waals surface area contributed by atoms with E-state index < -0.39 is 5.60 Å². The molecule has 3 N–H and O–H groups in total. The van der Waals surface area contributed by atoms with Gasteiger partial charge in [0.05, 0.1) is 19.3 Å². The summed E-state index contributed by atoms with van der Waals surface area (Å²) in [6.07, 6.45) is 2.06. The smallest absolute Gasteiger partial charge is 0.252 e. The SMILES string of the molecule is CC1CCC(C(C)C)C(O)(C(=O)NC[C@@H](OCCO)c2ccccc2)C1. The first-order chi connectivity index (χ1) is 12.4. The molecule has 0 spiro atoms. The molecule has 1 aliphatic rings. The van der Waals surface area contributed by atoms with E-state index in [1.54, 1.807) is 0 Å². The van der Waals surface area contributed by atoms with Crippen LogP contribution in [-0.2, 0) is 9.53 Å². The maximum atomic E-state index is 12.9. The fourth-order valence-electron chi connectivity index (χ4n) is 4.11. The third kappa shape index (κ3) is 5.06. The summed E-state index contributed by atoms with van der Waals surface area (Å²) < 4.78 is 5.70. The molecule has 5 nitrogen and oxygen atoms in total. The summed E-state index contributed by atoms with van der Waals surface area (Å²) in [5, 5.41) is 23.2. The predicted molar refractivity (Wildman–Crippen MR) is 102 cm³/mol. The van der Waals surface area contributed by atoms with Crippen molar-refractivity contribution >= 4 is 5.91 Å². The Labute approximate surface area is 156 Å². The van der Waals surface area contributed by atoms with Gasteiger partial charge < -0.3 is 20.3 Å². The minimum Gasteiger partial charge on any atom is -0.394 e. The van der Waals surface area contributed by atoms with Gasteiger partial charge in [-0.3, -0.25) is 4.79 Å². The lowest BCUT2D eigenvalue weighted by Crippen LogP contribution is -2.56. The van der Waals surface area contributed by atoms with Crippen molar-refractivity contribution in [2.45, 2.75) is 51.7 Å². The molecule has 0 aromatic heterocycles. The number of amides is 1. The van der Waals surface area contributed by atoms with Crippen LogP contribution in [0.1, 0.15) is 51.7 Å². The van der Waals surface area contributed by atoms with Gasteiger partial charge in [-0.2, -0.15) is 0 Å². The minimum absolute atomic E-state index is 0.0350. The van der Waals surface area contributed by atoms with Gasteiger partial charge in [0.1, 0.15) is 5.60 Å². The Balaban J connectivity index is 2.07. The molecule has 1 amide bonds. The number of hydrogen-bond acceptors (Lipinski definition) is 4. The van der Waals surface area contributed by atoms with E-state index >= 15 is 0 Å². The van der Waals surface area contributed by atoms with Gasteiger partial charge in [0.2, 0.25) is 0 Å². The molecule has 0 bridgehead atoms. The topological polar surface area (TPSA) is 78.8 Å². The summed E-state index contributed by atoms with van der Waals surface area (Å²) in [6, 6.07) is 9.62. The summed E-state index contributed by atoms with van der Waals surface area (Å²) >= 11 is 0. The van der Waals surface area contributed by atoms with Crippen LogP contribution in [-0.4, -0.2) is 41.5 Å². The molecule has 1 aromatic carbocycles. The highest BCUT2D eigenvalue weighted by atomic mass is 16.5. The van der Waals surface area contributed by atoms with E-state index in [1.165, 1.54) is 0 Å². The second-order valence-corrected chi connectivity index (χ2v) is 7.87. The molecule has 4 atom stereocenters. The average Bonchev–Trinajstić information content (AvgIpc) is 2.61. The van der Waals surface area contributed by atoms with Crippen LogP contribution in [0.4, 0.5) is 0 Å². The van der Waals surface area contributed by atoms with Gasteiger partial charge in [0.15, 0.2) is 0 Å². The fraction of sp³-hybridized carbons (Fsp3) is 0.667. The molecule has 5 heteroatoms. The third-order valence-electron chi connectivity index (χ3n) is 5.47. The van der Waals surface area contributed by atoms with E-state index in [4.69, 9.17) is 9.84 Å². The fourth-order valence-corrected chi connectivity index (χ4v) is 4.11. The highest BCUT2D eigenvalue weighted by Crippen LogP contribution is 2.41. The third-order valence-corrected chi connectivity index (χ3v) is 5.47. The van der Waals surface area contributed by atoms with Crippen molar-refractivity contribution in [3.63, 3.8) is 0 Å². The van der Waals surface area contributed by atoms with Crippen molar-refractivity contribution in [1.29, 1.82) is 0 Å². The molecule has 0 heterocycles. The second-order valence-electron chi connectivity index (χ2n) is 7.87. The van der Waals surface area contributed by atoms with E-state index in [2.05, 4.69) is 26.1 Å². The lowest BCUT2D eigenvalue weighted by molar-refractivity contribution is -0.156. The van der Waals surface area contributed by atoms with Crippen molar-refractivity contribution < 1.29 is 19.7 Å². The van der Waals surface area contributed by atoms with Crippen LogP contribution in [0, 0.1) is 17.8 Å². The maximum Gasteiger partial charge on any atom is 0.252 e. The first-order valence-electron chi connectivity index (χ1n) is 9.66. The van der Waals surface area contributed by atoms with Gasteiger partial charge in [0.25, 0.3) is 5.91 Å². The molecule has 0 aliphatic heterocycles. The monoisotopic (exact) mass is 363 g/mol. The number of nitrogens with one attached hydrogen (secondary N) is 1. The number of aliphatic hydroxyl groups excluding tert-OH is 1. The molecular weight excluding hydrogens is 330 g/mol. The molecule has 3 unspecified atom stereocenters. The molecule has 1 fully saturated rings. The van der Waals surface area contributed by atoms with E-state index in [0.29, 0.717) is 12.3 Å². The van der Waals surface area contributed by atoms with Gasteiger partial charge in [-0.25, -0.2) is 0 Å². The van der Waals surface area contributed by atoms with Crippen LogP contribution in [0.5, 0.6) is 0 Å². The van der Waals surface area contributed by atoms with Crippen molar-refractivity contribution in [2.24, 2.45) is 17.8 Å². The summed E-state index contributed by atoms with van der Waals surface area (Å²) in [5.41, 5.74) is -0.394. The first kappa shape index (κ1) is 20.9. The summed E-state index contributed by atoms with van der Waals surface area (Å²) in [4.78, 5) is 12.9. The second kappa shape index (κ2) is 9.49. The Morgan fingerprint density at radius 3 is 2.62 bits per heavy atom. The molecule has 2 rings (SSSR count). The van der Waals surface area contributed by atoms with Crippen LogP contribution < -0.4 is 5.32 Å². The Morgan fingerprint density at radius 2 is 2.00 bits per heavy atom. The van der Waals surface area contributed by atoms with Crippen molar-refractivity contribution in [2.75, 3.05) is 19.8 Å². The zero-order chi connectivity index (χ0) is 19.2. The lowest BCUT2D eigenvalue weighted by atomic mass is 9.66. The van der Waals surface area contributed by atoms with Crippen LogP contribution >= 0.6 is 0 Å². The number of rotatable bonds is 8. The van der Waals surface area contributed by atoms with Crippen LogP contribution in [0.25, 0.3) is 0 Å². The number of benzene rings is 1. The Bertz CT molecular complexity index is 562. The zero-order valence-corrected chi connectivity index (χ0v) is 16.1. The van der Waals surface area contributed by atoms with Gasteiger partial charge in [-0.05, 0) is 36.2 Å². The number of hydrogen-bond donors (Lipinski definition) is 3. The van der Waals surface area contributed by atoms with Gasteiger partial charge in [-0.1, -0.05) is 57.5 Å². The highest BCUT2D eigenvalue weighted by Gasteiger charge is 2.48. The van der Waals surface area contributed by atoms with Gasteiger partial charge >= 0.3 is 0 Å². The highest BCUT2D eigenvalue weighted by molar-refractivity contribution is 5.85. The van der Waals surface area contributed by atoms with E-state index in [0.717, 1.165) is 18.4 Å². The standard InChI is InChI=1S/C21H33NO4/c1-15(2)18-10-9-16(3)13-21(18,25)20(24)22-14-19(26-12-11-23)17-7-5-4-6-8-17/h4-8,15-16,18-19,23,25H,9-14H2,1-3H3,(H,22,24)/t16?,18?,19-,21?/m1/s1. The Morgan fingerprint density at radius 1 is 1.31 bits per heavy atom. The van der Waals surface area contributed by atoms with Crippen molar-refractivity contribution in [3.8, 4) is 0 Å². The van der Waals surface area contributed by atoms with Gasteiger partial charge in [0, 0.05) is 6.54 Å². The van der Waals surface area contributed by atoms with Crippen LogP contribution in [0.2, 0.25) is 0 Å². The zero-order valence-electron chi connectivity index (χ0n) is 16.1. The number of ether oxygens (including phenoxy) is 1. The molecule has 26 heavy (non-hydrogen) atoms. The van der Waals surface area contributed by atoms with E-state index in [-0.39, 0.29) is 43.6 Å². The molecule has 146 valence electrons. The molecule has 0 radical (unpaired) electrons. The number of carbonyl (C=O) groups is 1. The maximum absolute atomic E-state index is 12.9. The van der Waals surface area contributed by atoms with E-state index in [1.807, 2.05) is 30.3 Å². The largest absolute Gasteiger partial charge is 0.394 e. The summed E-state index contributed by atoms with van der Waals surface area (Å²) in [5.74, 6) is 0.230. The molecule has 1 aromatic rings. The molecule has 1 aliphatic carbocycles. The first-order valence-corrected chi connectivity index (χ1v) is 9.66. The van der Waals surface area contributed by atoms with Crippen LogP contribution in [0.15, 0.2) is 30.3 Å². The van der Waals surface area contributed by atoms with Crippen molar-refractivity contribution in [3.05, 3.63) is 35.9 Å². The Kier molecular flexibility index (Phi) is 7.62. The van der Waals surface area contributed by atoms with Crippen molar-refractivity contribution in [1.82, 2.24) is 5.32 Å². The van der Waals surface area contributed by atoms with Gasteiger partial charge in [-0.15, -0.1) is 0 Å². The summed E-state index contributed by atoms with van der Waals surface area (Å²) in [6.45, 7) is 6.61.